The number of halogens is 1. The van der Waals surface area contributed by atoms with Crippen LogP contribution >= 0.6 is 0 Å². The minimum atomic E-state index is -0.161. The molecule has 0 spiro atoms. The average molecular weight is 168 g/mol. The highest BCUT2D eigenvalue weighted by Crippen LogP contribution is 2.08. The average Bonchev–Trinajstić information content (AvgIpc) is 2.07. The summed E-state index contributed by atoms with van der Waals surface area (Å²) < 4.78 is 12.8. The van der Waals surface area contributed by atoms with Crippen LogP contribution in [0.25, 0.3) is 0 Å². The van der Waals surface area contributed by atoms with Crippen LogP contribution in [0.1, 0.15) is 11.1 Å². The largest absolute Gasteiger partial charge is 0.318 e. The van der Waals surface area contributed by atoms with Gasteiger partial charge in [-0.2, -0.15) is 0 Å². The van der Waals surface area contributed by atoms with Gasteiger partial charge in [0.25, 0.3) is 0 Å². The Labute approximate surface area is 71.6 Å². The number of hydrogen-bond acceptors (Lipinski definition) is 2. The zero-order valence-corrected chi connectivity index (χ0v) is 7.10. The van der Waals surface area contributed by atoms with Crippen LogP contribution in [0.3, 0.4) is 0 Å². The van der Waals surface area contributed by atoms with Crippen LogP contribution in [-0.2, 0) is 6.54 Å². The van der Waals surface area contributed by atoms with E-state index in [1.807, 2.05) is 6.07 Å². The summed E-state index contributed by atoms with van der Waals surface area (Å²) in [5, 5.41) is 2.97. The van der Waals surface area contributed by atoms with Crippen molar-refractivity contribution in [2.24, 2.45) is 5.73 Å². The van der Waals surface area contributed by atoms with E-state index in [9.17, 15) is 4.39 Å². The van der Waals surface area contributed by atoms with Crippen molar-refractivity contribution in [3.63, 3.8) is 0 Å². The highest BCUT2D eigenvalue weighted by molar-refractivity contribution is 5.23. The molecule has 0 aromatic heterocycles. The maximum Gasteiger partial charge on any atom is 0.126 e. The molecule has 3 heteroatoms. The Hall–Kier alpha value is -0.930. The lowest BCUT2D eigenvalue weighted by atomic mass is 10.1. The molecule has 0 atom stereocenters. The number of aryl methyl sites for hydroxylation is 1. The summed E-state index contributed by atoms with van der Waals surface area (Å²) >= 11 is 0. The van der Waals surface area contributed by atoms with Gasteiger partial charge in [-0.25, -0.2) is 4.39 Å². The number of rotatable bonds is 3. The molecule has 0 bridgehead atoms. The van der Waals surface area contributed by atoms with Crippen molar-refractivity contribution in [3.8, 4) is 0 Å². The minimum Gasteiger partial charge on any atom is -0.318 e. The molecule has 0 aliphatic rings. The molecule has 1 aromatic rings. The summed E-state index contributed by atoms with van der Waals surface area (Å²) in [6, 6.07) is 5.05. The summed E-state index contributed by atoms with van der Waals surface area (Å²) in [6.07, 6.45) is 0. The molecule has 0 radical (unpaired) electrons. The van der Waals surface area contributed by atoms with E-state index < -0.39 is 0 Å². The molecule has 0 unspecified atom stereocenters. The van der Waals surface area contributed by atoms with Crippen molar-refractivity contribution < 1.29 is 4.39 Å². The zero-order chi connectivity index (χ0) is 8.97. The van der Waals surface area contributed by atoms with Crippen molar-refractivity contribution in [2.45, 2.75) is 13.5 Å². The first-order valence-electron chi connectivity index (χ1n) is 3.90. The Morgan fingerprint density at radius 3 is 2.83 bits per heavy atom. The lowest BCUT2D eigenvalue weighted by molar-refractivity contribution is 0.616. The molecule has 1 aromatic carbocycles. The summed E-state index contributed by atoms with van der Waals surface area (Å²) in [6.45, 7) is 2.88. The predicted octanol–water partition coefficient (Wildman–Crippen LogP) is 1.14. The van der Waals surface area contributed by atoms with Crippen molar-refractivity contribution in [2.75, 3.05) is 6.67 Å². The van der Waals surface area contributed by atoms with E-state index >= 15 is 0 Å². The predicted molar refractivity (Wildman–Crippen MR) is 47.0 cm³/mol. The molecular formula is C9H13FN2. The van der Waals surface area contributed by atoms with Gasteiger partial charge in [-0.15, -0.1) is 0 Å². The third-order valence-electron chi connectivity index (χ3n) is 1.70. The van der Waals surface area contributed by atoms with Crippen molar-refractivity contribution >= 4 is 0 Å². The van der Waals surface area contributed by atoms with Gasteiger partial charge in [-0.1, -0.05) is 12.1 Å². The van der Waals surface area contributed by atoms with Crippen molar-refractivity contribution in [1.82, 2.24) is 5.32 Å². The second kappa shape index (κ2) is 4.18. The normalized spacial score (nSPS) is 10.2. The fourth-order valence-corrected chi connectivity index (χ4v) is 1.03. The van der Waals surface area contributed by atoms with Crippen LogP contribution in [-0.4, -0.2) is 6.67 Å². The summed E-state index contributed by atoms with van der Waals surface area (Å²) in [4.78, 5) is 0. The molecule has 0 amide bonds. The lowest BCUT2D eigenvalue weighted by Gasteiger charge is -2.03. The van der Waals surface area contributed by atoms with E-state index in [0.29, 0.717) is 18.8 Å². The number of hydrogen-bond donors (Lipinski definition) is 2. The molecule has 0 heterocycles. The van der Waals surface area contributed by atoms with Gasteiger partial charge in [0, 0.05) is 13.2 Å². The maximum absolute atomic E-state index is 12.8. The van der Waals surface area contributed by atoms with E-state index in [4.69, 9.17) is 5.73 Å². The highest BCUT2D eigenvalue weighted by atomic mass is 19.1. The van der Waals surface area contributed by atoms with Gasteiger partial charge in [0.15, 0.2) is 0 Å². The van der Waals surface area contributed by atoms with Gasteiger partial charge in [0.05, 0.1) is 0 Å². The van der Waals surface area contributed by atoms with E-state index in [-0.39, 0.29) is 5.82 Å². The first kappa shape index (κ1) is 9.16. The third-order valence-corrected chi connectivity index (χ3v) is 1.70. The topological polar surface area (TPSA) is 38.0 Å². The number of nitrogens with two attached hydrogens (primary N) is 1. The van der Waals surface area contributed by atoms with Crippen LogP contribution < -0.4 is 11.1 Å². The smallest absolute Gasteiger partial charge is 0.126 e. The Morgan fingerprint density at radius 1 is 1.50 bits per heavy atom. The summed E-state index contributed by atoms with van der Waals surface area (Å²) in [5.41, 5.74) is 6.99. The zero-order valence-electron chi connectivity index (χ0n) is 7.10. The molecule has 2 nitrogen and oxygen atoms in total. The van der Waals surface area contributed by atoms with E-state index in [0.717, 1.165) is 5.56 Å². The third kappa shape index (κ3) is 2.29. The Kier molecular flexibility index (Phi) is 3.19. The minimum absolute atomic E-state index is 0.161. The Morgan fingerprint density at radius 2 is 2.25 bits per heavy atom. The van der Waals surface area contributed by atoms with Crippen LogP contribution in [0.4, 0.5) is 4.39 Å². The Bertz CT molecular complexity index is 261. The fourth-order valence-electron chi connectivity index (χ4n) is 1.03. The highest BCUT2D eigenvalue weighted by Gasteiger charge is 1.97. The monoisotopic (exact) mass is 168 g/mol. The van der Waals surface area contributed by atoms with Gasteiger partial charge < -0.3 is 11.1 Å². The second-order valence-corrected chi connectivity index (χ2v) is 2.71. The van der Waals surface area contributed by atoms with Crippen LogP contribution in [0.2, 0.25) is 0 Å². The van der Waals surface area contributed by atoms with E-state index in [2.05, 4.69) is 5.32 Å². The molecule has 66 valence electrons. The SMILES string of the molecule is Cc1cc(CNCN)ccc1F. The van der Waals surface area contributed by atoms with Crippen molar-refractivity contribution in [3.05, 3.63) is 35.1 Å². The molecule has 0 saturated heterocycles. The number of benzene rings is 1. The quantitative estimate of drug-likeness (QED) is 0.664. The maximum atomic E-state index is 12.8. The fraction of sp³-hybridized carbons (Fsp3) is 0.333. The van der Waals surface area contributed by atoms with E-state index in [1.54, 1.807) is 13.0 Å². The van der Waals surface area contributed by atoms with E-state index in [1.165, 1.54) is 6.07 Å². The standard InChI is InChI=1S/C9H13FN2/c1-7-4-8(5-12-6-11)2-3-9(7)10/h2-4,12H,5-6,11H2,1H3. The van der Waals surface area contributed by atoms with Gasteiger partial charge in [0.2, 0.25) is 0 Å². The lowest BCUT2D eigenvalue weighted by Crippen LogP contribution is -2.21. The van der Waals surface area contributed by atoms with Gasteiger partial charge in [0.1, 0.15) is 5.82 Å². The summed E-state index contributed by atoms with van der Waals surface area (Å²) in [5.74, 6) is -0.161. The summed E-state index contributed by atoms with van der Waals surface area (Å²) in [7, 11) is 0. The van der Waals surface area contributed by atoms with Crippen molar-refractivity contribution in [1.29, 1.82) is 0 Å². The van der Waals surface area contributed by atoms with Gasteiger partial charge in [-0.05, 0) is 24.1 Å². The molecule has 0 fully saturated rings. The Balaban J connectivity index is 2.69. The van der Waals surface area contributed by atoms with Crippen LogP contribution in [0.5, 0.6) is 0 Å². The van der Waals surface area contributed by atoms with Crippen LogP contribution in [0.15, 0.2) is 18.2 Å². The first-order chi connectivity index (χ1) is 5.74. The van der Waals surface area contributed by atoms with Crippen LogP contribution in [0, 0.1) is 12.7 Å². The molecule has 0 aliphatic carbocycles. The first-order valence-corrected chi connectivity index (χ1v) is 3.90. The number of nitrogens with one attached hydrogen (secondary N) is 1. The molecular weight excluding hydrogens is 155 g/mol. The molecule has 3 N–H and O–H groups in total. The van der Waals surface area contributed by atoms with Gasteiger partial charge in [-0.3, -0.25) is 0 Å². The molecule has 12 heavy (non-hydrogen) atoms. The van der Waals surface area contributed by atoms with Gasteiger partial charge >= 0.3 is 0 Å². The molecule has 1 rings (SSSR count). The molecule has 0 aliphatic heterocycles. The molecule has 0 saturated carbocycles. The second-order valence-electron chi connectivity index (χ2n) is 2.71.